The molecule has 28 heavy (non-hydrogen) atoms. The average molecular weight is 426 g/mol. The molecule has 0 aliphatic carbocycles. The zero-order chi connectivity index (χ0) is 20.5. The van der Waals surface area contributed by atoms with Gasteiger partial charge < -0.3 is 9.64 Å². The highest BCUT2D eigenvalue weighted by molar-refractivity contribution is 7.87. The summed E-state index contributed by atoms with van der Waals surface area (Å²) in [6.07, 6.45) is 1.39. The number of piperidine rings is 1. The smallest absolute Gasteiger partial charge is 0.410 e. The van der Waals surface area contributed by atoms with Crippen LogP contribution in [0.3, 0.4) is 0 Å². The highest BCUT2D eigenvalue weighted by atomic mass is 32.2. The number of thiazole rings is 1. The van der Waals surface area contributed by atoms with Gasteiger partial charge in [-0.05, 0) is 45.6 Å². The summed E-state index contributed by atoms with van der Waals surface area (Å²) in [4.78, 5) is 28.7. The van der Waals surface area contributed by atoms with E-state index in [-0.39, 0.29) is 17.7 Å². The second kappa shape index (κ2) is 8.12. The lowest BCUT2D eigenvalue weighted by Crippen LogP contribution is -2.43. The molecule has 0 saturated carbocycles. The SMILES string of the molecule is CC(C)(C)OC(=O)N1CCC[C@H](C[S@](=O)c2nc3cc([N+](=O)[O-])ccc3s2)C1. The van der Waals surface area contributed by atoms with E-state index in [0.717, 1.165) is 17.5 Å². The van der Waals surface area contributed by atoms with Gasteiger partial charge >= 0.3 is 6.09 Å². The van der Waals surface area contributed by atoms with Crippen molar-refractivity contribution in [1.82, 2.24) is 9.88 Å². The molecule has 152 valence electrons. The van der Waals surface area contributed by atoms with Gasteiger partial charge in [0.05, 0.1) is 25.9 Å². The Labute approximate surface area is 169 Å². The summed E-state index contributed by atoms with van der Waals surface area (Å²) in [5.41, 5.74) is -0.0896. The number of hydrogen-bond donors (Lipinski definition) is 0. The Bertz CT molecular complexity index is 922. The molecule has 1 saturated heterocycles. The number of aromatic nitrogens is 1. The van der Waals surface area contributed by atoms with Crippen LogP contribution in [0.1, 0.15) is 33.6 Å². The second-order valence-corrected chi connectivity index (χ2v) is 10.5. The Balaban J connectivity index is 1.66. The monoisotopic (exact) mass is 425 g/mol. The minimum atomic E-state index is -1.32. The molecule has 1 aliphatic rings. The molecule has 1 aromatic heterocycles. The zero-order valence-corrected chi connectivity index (χ0v) is 17.7. The molecular weight excluding hydrogens is 402 g/mol. The van der Waals surface area contributed by atoms with Crippen molar-refractivity contribution in [2.75, 3.05) is 18.8 Å². The predicted molar refractivity (Wildman–Crippen MR) is 108 cm³/mol. The van der Waals surface area contributed by atoms with E-state index in [1.54, 1.807) is 11.0 Å². The van der Waals surface area contributed by atoms with Crippen molar-refractivity contribution in [3.63, 3.8) is 0 Å². The molecule has 2 heterocycles. The third-order valence-corrected chi connectivity index (χ3v) is 7.21. The van der Waals surface area contributed by atoms with E-state index in [2.05, 4.69) is 4.98 Å². The number of ether oxygens (including phenoxy) is 1. The van der Waals surface area contributed by atoms with Crippen LogP contribution < -0.4 is 0 Å². The van der Waals surface area contributed by atoms with E-state index in [1.807, 2.05) is 20.8 Å². The van der Waals surface area contributed by atoms with Gasteiger partial charge in [-0.1, -0.05) is 0 Å². The van der Waals surface area contributed by atoms with Crippen molar-refractivity contribution in [2.45, 2.75) is 43.6 Å². The molecule has 1 aliphatic heterocycles. The maximum Gasteiger partial charge on any atom is 0.410 e. The summed E-state index contributed by atoms with van der Waals surface area (Å²) in [6, 6.07) is 4.46. The van der Waals surface area contributed by atoms with Crippen molar-refractivity contribution in [2.24, 2.45) is 5.92 Å². The van der Waals surface area contributed by atoms with E-state index < -0.39 is 21.3 Å². The number of nitro benzene ring substituents is 1. The molecule has 3 rings (SSSR count). The fraction of sp³-hybridized carbons (Fsp3) is 0.556. The number of hydrogen-bond acceptors (Lipinski definition) is 7. The normalized spacial score (nSPS) is 18.8. The molecule has 1 amide bonds. The van der Waals surface area contributed by atoms with Crippen LogP contribution in [0.25, 0.3) is 10.2 Å². The van der Waals surface area contributed by atoms with Crippen LogP contribution in [-0.2, 0) is 15.5 Å². The first kappa shape index (κ1) is 20.7. The quantitative estimate of drug-likeness (QED) is 0.543. The standard InChI is InChI=1S/C18H23N3O5S2/c1-18(2,3)26-17(22)20-8-4-5-12(10-20)11-28(25)16-19-14-9-13(21(23)24)6-7-15(14)27-16/h6-7,9,12H,4-5,8,10-11H2,1-3H3/t12-,28-/m0/s1. The van der Waals surface area contributed by atoms with Crippen LogP contribution in [0.2, 0.25) is 0 Å². The van der Waals surface area contributed by atoms with Crippen molar-refractivity contribution in [1.29, 1.82) is 0 Å². The van der Waals surface area contributed by atoms with Crippen LogP contribution in [0.4, 0.5) is 10.5 Å². The molecule has 0 spiro atoms. The average Bonchev–Trinajstić information content (AvgIpc) is 3.04. The van der Waals surface area contributed by atoms with Crippen molar-refractivity contribution < 1.29 is 18.7 Å². The number of benzene rings is 1. The van der Waals surface area contributed by atoms with Crippen molar-refractivity contribution in [3.8, 4) is 0 Å². The number of carbonyl (C=O) groups excluding carboxylic acids is 1. The Kier molecular flexibility index (Phi) is 5.99. The number of carbonyl (C=O) groups is 1. The number of non-ortho nitro benzene ring substituents is 1. The van der Waals surface area contributed by atoms with Gasteiger partial charge in [0.15, 0.2) is 4.34 Å². The molecule has 0 unspecified atom stereocenters. The van der Waals surface area contributed by atoms with Gasteiger partial charge in [0.2, 0.25) is 0 Å². The van der Waals surface area contributed by atoms with Crippen LogP contribution in [0.15, 0.2) is 22.5 Å². The van der Waals surface area contributed by atoms with E-state index in [4.69, 9.17) is 4.74 Å². The Morgan fingerprint density at radius 2 is 2.21 bits per heavy atom. The zero-order valence-electron chi connectivity index (χ0n) is 16.0. The third-order valence-electron chi connectivity index (χ3n) is 4.31. The molecule has 1 aromatic carbocycles. The highest BCUT2D eigenvalue weighted by Gasteiger charge is 2.29. The lowest BCUT2D eigenvalue weighted by Gasteiger charge is -2.33. The number of nitro groups is 1. The number of fused-ring (bicyclic) bond motifs is 1. The van der Waals surface area contributed by atoms with Gasteiger partial charge in [0, 0.05) is 31.0 Å². The van der Waals surface area contributed by atoms with E-state index in [9.17, 15) is 19.1 Å². The fourth-order valence-electron chi connectivity index (χ4n) is 3.08. The van der Waals surface area contributed by atoms with E-state index >= 15 is 0 Å². The first-order valence-electron chi connectivity index (χ1n) is 9.03. The van der Waals surface area contributed by atoms with Gasteiger partial charge in [-0.15, -0.1) is 11.3 Å². The largest absolute Gasteiger partial charge is 0.444 e. The summed E-state index contributed by atoms with van der Waals surface area (Å²) in [5, 5.41) is 10.9. The molecule has 0 N–H and O–H groups in total. The van der Waals surface area contributed by atoms with Crippen LogP contribution in [0, 0.1) is 16.0 Å². The number of amides is 1. The topological polar surface area (TPSA) is 103 Å². The van der Waals surface area contributed by atoms with Crippen molar-refractivity contribution in [3.05, 3.63) is 28.3 Å². The van der Waals surface area contributed by atoms with E-state index in [1.165, 1.54) is 23.5 Å². The van der Waals surface area contributed by atoms with Gasteiger partial charge in [-0.2, -0.15) is 0 Å². The molecule has 1 fully saturated rings. The maximum absolute atomic E-state index is 12.8. The minimum absolute atomic E-state index is 0.0320. The Hall–Kier alpha value is -2.07. The van der Waals surface area contributed by atoms with Crippen LogP contribution in [0.5, 0.6) is 0 Å². The molecule has 2 aromatic rings. The Morgan fingerprint density at radius 3 is 2.89 bits per heavy atom. The lowest BCUT2D eigenvalue weighted by atomic mass is 10.0. The summed E-state index contributed by atoms with van der Waals surface area (Å²) < 4.78 is 19.5. The first-order chi connectivity index (χ1) is 13.1. The molecule has 0 radical (unpaired) electrons. The number of rotatable bonds is 4. The minimum Gasteiger partial charge on any atom is -0.444 e. The Morgan fingerprint density at radius 1 is 1.46 bits per heavy atom. The molecule has 8 nitrogen and oxygen atoms in total. The first-order valence-corrected chi connectivity index (χ1v) is 11.2. The van der Waals surface area contributed by atoms with Crippen molar-refractivity contribution >= 4 is 44.1 Å². The summed E-state index contributed by atoms with van der Waals surface area (Å²) in [6.45, 7) is 6.65. The maximum atomic E-state index is 12.8. The third kappa shape index (κ3) is 5.05. The fourth-order valence-corrected chi connectivity index (χ4v) is 5.65. The molecule has 10 heteroatoms. The number of likely N-dealkylation sites (tertiary alicyclic amines) is 1. The summed E-state index contributed by atoms with van der Waals surface area (Å²) >= 11 is 1.29. The second-order valence-electron chi connectivity index (χ2n) is 7.84. The number of nitrogens with zero attached hydrogens (tertiary/aromatic N) is 3. The summed E-state index contributed by atoms with van der Waals surface area (Å²) in [5.74, 6) is 0.504. The molecule has 0 bridgehead atoms. The summed E-state index contributed by atoms with van der Waals surface area (Å²) in [7, 11) is -1.32. The van der Waals surface area contributed by atoms with Crippen LogP contribution in [-0.4, -0.2) is 49.6 Å². The molecule has 2 atom stereocenters. The van der Waals surface area contributed by atoms with Crippen LogP contribution >= 0.6 is 11.3 Å². The lowest BCUT2D eigenvalue weighted by molar-refractivity contribution is -0.384. The van der Waals surface area contributed by atoms with E-state index in [0.29, 0.717) is 28.7 Å². The molecular formula is C18H23N3O5S2. The van der Waals surface area contributed by atoms with Gasteiger partial charge in [0.1, 0.15) is 5.60 Å². The van der Waals surface area contributed by atoms with Gasteiger partial charge in [-0.25, -0.2) is 9.78 Å². The predicted octanol–water partition coefficient (Wildman–Crippen LogP) is 3.96. The van der Waals surface area contributed by atoms with Gasteiger partial charge in [-0.3, -0.25) is 14.3 Å². The van der Waals surface area contributed by atoms with Gasteiger partial charge in [0.25, 0.3) is 5.69 Å². The highest BCUT2D eigenvalue weighted by Crippen LogP contribution is 2.29.